The summed E-state index contributed by atoms with van der Waals surface area (Å²) in [5.41, 5.74) is 0.792. The highest BCUT2D eigenvalue weighted by molar-refractivity contribution is 5.78. The quantitative estimate of drug-likeness (QED) is 0.898. The van der Waals surface area contributed by atoms with Crippen molar-refractivity contribution >= 4 is 5.91 Å². The van der Waals surface area contributed by atoms with Gasteiger partial charge in [-0.25, -0.2) is 4.39 Å². The van der Waals surface area contributed by atoms with Crippen LogP contribution in [0, 0.1) is 5.82 Å². The molecule has 1 amide bonds. The number of rotatable bonds is 5. The molecule has 2 rings (SSSR count). The Balaban J connectivity index is 1.71. The lowest BCUT2D eigenvalue weighted by atomic mass is 10.1. The van der Waals surface area contributed by atoms with Crippen LogP contribution in [0.15, 0.2) is 24.3 Å². The third kappa shape index (κ3) is 4.58. The van der Waals surface area contributed by atoms with E-state index >= 15 is 0 Å². The van der Waals surface area contributed by atoms with Crippen LogP contribution in [0.4, 0.5) is 4.39 Å². The molecule has 1 saturated heterocycles. The third-order valence-corrected chi connectivity index (χ3v) is 3.28. The maximum absolute atomic E-state index is 12.7. The Morgan fingerprint density at radius 3 is 2.60 bits per heavy atom. The molecule has 1 aliphatic heterocycles. The van der Waals surface area contributed by atoms with Crippen molar-refractivity contribution in [2.75, 3.05) is 19.8 Å². The number of amides is 1. The third-order valence-electron chi connectivity index (χ3n) is 3.28. The molecular weight excluding hydrogens is 261 g/mol. The first-order valence-electron chi connectivity index (χ1n) is 6.86. The molecule has 4 nitrogen and oxygen atoms in total. The van der Waals surface area contributed by atoms with Gasteiger partial charge in [0.25, 0.3) is 0 Å². The van der Waals surface area contributed by atoms with Gasteiger partial charge in [-0.3, -0.25) is 4.79 Å². The SMILES string of the molecule is CC1(CCNC(=O)Cc2ccc(F)cc2)OCCCO1. The average molecular weight is 281 g/mol. The summed E-state index contributed by atoms with van der Waals surface area (Å²) in [5.74, 6) is -0.980. The number of carbonyl (C=O) groups is 1. The summed E-state index contributed by atoms with van der Waals surface area (Å²) in [6, 6.07) is 5.94. The summed E-state index contributed by atoms with van der Waals surface area (Å²) in [4.78, 5) is 11.8. The standard InChI is InChI=1S/C15H20FNO3/c1-15(19-9-2-10-20-15)7-8-17-14(18)11-12-3-5-13(16)6-4-12/h3-6H,2,7-11H2,1H3,(H,17,18). The van der Waals surface area contributed by atoms with Gasteiger partial charge in [0.15, 0.2) is 5.79 Å². The van der Waals surface area contributed by atoms with Crippen molar-refractivity contribution in [1.29, 1.82) is 0 Å². The van der Waals surface area contributed by atoms with Gasteiger partial charge in [0.2, 0.25) is 5.91 Å². The molecular formula is C15H20FNO3. The van der Waals surface area contributed by atoms with Crippen molar-refractivity contribution in [1.82, 2.24) is 5.32 Å². The van der Waals surface area contributed by atoms with Crippen LogP contribution in [0.25, 0.3) is 0 Å². The van der Waals surface area contributed by atoms with E-state index in [1.165, 1.54) is 12.1 Å². The second-order valence-corrected chi connectivity index (χ2v) is 5.09. The topological polar surface area (TPSA) is 47.6 Å². The van der Waals surface area contributed by atoms with E-state index in [4.69, 9.17) is 9.47 Å². The maximum atomic E-state index is 12.7. The highest BCUT2D eigenvalue weighted by Crippen LogP contribution is 2.21. The van der Waals surface area contributed by atoms with Gasteiger partial charge >= 0.3 is 0 Å². The van der Waals surface area contributed by atoms with Gasteiger partial charge in [0.05, 0.1) is 19.6 Å². The van der Waals surface area contributed by atoms with E-state index in [0.717, 1.165) is 12.0 Å². The lowest BCUT2D eigenvalue weighted by Gasteiger charge is -2.33. The fourth-order valence-corrected chi connectivity index (χ4v) is 2.10. The molecule has 0 unspecified atom stereocenters. The number of carbonyl (C=O) groups excluding carboxylic acids is 1. The maximum Gasteiger partial charge on any atom is 0.224 e. The van der Waals surface area contributed by atoms with Crippen molar-refractivity contribution in [2.24, 2.45) is 0 Å². The van der Waals surface area contributed by atoms with E-state index in [1.807, 2.05) is 6.92 Å². The van der Waals surface area contributed by atoms with Crippen LogP contribution < -0.4 is 5.32 Å². The lowest BCUT2D eigenvalue weighted by Crippen LogP contribution is -2.41. The van der Waals surface area contributed by atoms with Crippen molar-refractivity contribution in [3.8, 4) is 0 Å². The zero-order valence-corrected chi connectivity index (χ0v) is 11.7. The number of hydrogen-bond donors (Lipinski definition) is 1. The van der Waals surface area contributed by atoms with Crippen LogP contribution in [0.5, 0.6) is 0 Å². The Morgan fingerprint density at radius 2 is 1.95 bits per heavy atom. The minimum absolute atomic E-state index is 0.0870. The molecule has 0 spiro atoms. The molecule has 0 saturated carbocycles. The predicted molar refractivity (Wildman–Crippen MR) is 72.7 cm³/mol. The summed E-state index contributed by atoms with van der Waals surface area (Å²) in [6.07, 6.45) is 1.77. The minimum atomic E-state index is -0.596. The fourth-order valence-electron chi connectivity index (χ4n) is 2.10. The second kappa shape index (κ2) is 6.81. The molecule has 0 radical (unpaired) electrons. The molecule has 1 fully saturated rings. The van der Waals surface area contributed by atoms with E-state index < -0.39 is 5.79 Å². The average Bonchev–Trinajstić information content (AvgIpc) is 2.42. The van der Waals surface area contributed by atoms with Gasteiger partial charge in [-0.1, -0.05) is 12.1 Å². The van der Waals surface area contributed by atoms with Gasteiger partial charge in [-0.15, -0.1) is 0 Å². The Morgan fingerprint density at radius 1 is 1.30 bits per heavy atom. The molecule has 1 heterocycles. The molecule has 1 N–H and O–H groups in total. The Kier molecular flexibility index (Phi) is 5.09. The second-order valence-electron chi connectivity index (χ2n) is 5.09. The van der Waals surface area contributed by atoms with Crippen LogP contribution in [-0.2, 0) is 20.7 Å². The van der Waals surface area contributed by atoms with Crippen LogP contribution >= 0.6 is 0 Å². The molecule has 20 heavy (non-hydrogen) atoms. The molecule has 0 aliphatic carbocycles. The van der Waals surface area contributed by atoms with E-state index in [-0.39, 0.29) is 18.1 Å². The summed E-state index contributed by atoms with van der Waals surface area (Å²) in [5, 5.41) is 2.83. The van der Waals surface area contributed by atoms with Gasteiger partial charge in [-0.05, 0) is 31.0 Å². The van der Waals surface area contributed by atoms with Crippen LogP contribution in [0.2, 0.25) is 0 Å². The molecule has 1 aromatic carbocycles. The predicted octanol–water partition coefficient (Wildman–Crippen LogP) is 2.03. The fraction of sp³-hybridized carbons (Fsp3) is 0.533. The van der Waals surface area contributed by atoms with E-state index in [1.54, 1.807) is 12.1 Å². The number of ether oxygens (including phenoxy) is 2. The molecule has 1 aromatic rings. The van der Waals surface area contributed by atoms with E-state index in [2.05, 4.69) is 5.32 Å². The number of halogens is 1. The highest BCUT2D eigenvalue weighted by Gasteiger charge is 2.28. The molecule has 1 aliphatic rings. The first-order chi connectivity index (χ1) is 9.57. The normalized spacial score (nSPS) is 17.7. The van der Waals surface area contributed by atoms with E-state index in [0.29, 0.717) is 26.2 Å². The first kappa shape index (κ1) is 14.9. The zero-order chi connectivity index (χ0) is 14.4. The van der Waals surface area contributed by atoms with Gasteiger partial charge in [0, 0.05) is 13.0 Å². The Labute approximate surface area is 118 Å². The zero-order valence-electron chi connectivity index (χ0n) is 11.7. The summed E-state index contributed by atoms with van der Waals surface area (Å²) in [7, 11) is 0. The molecule has 5 heteroatoms. The van der Waals surface area contributed by atoms with Gasteiger partial charge in [0.1, 0.15) is 5.82 Å². The Bertz CT molecular complexity index is 441. The largest absolute Gasteiger partial charge is 0.356 e. The molecule has 0 atom stereocenters. The number of nitrogens with one attached hydrogen (secondary N) is 1. The van der Waals surface area contributed by atoms with Crippen molar-refractivity contribution in [2.45, 2.75) is 32.0 Å². The number of benzene rings is 1. The van der Waals surface area contributed by atoms with E-state index in [9.17, 15) is 9.18 Å². The molecule has 110 valence electrons. The van der Waals surface area contributed by atoms with Crippen molar-refractivity contribution in [3.63, 3.8) is 0 Å². The summed E-state index contributed by atoms with van der Waals surface area (Å²) >= 11 is 0. The van der Waals surface area contributed by atoms with Gasteiger partial charge in [-0.2, -0.15) is 0 Å². The summed E-state index contributed by atoms with van der Waals surface area (Å²) < 4.78 is 23.9. The van der Waals surface area contributed by atoms with Gasteiger partial charge < -0.3 is 14.8 Å². The van der Waals surface area contributed by atoms with Crippen molar-refractivity contribution in [3.05, 3.63) is 35.6 Å². The summed E-state index contributed by atoms with van der Waals surface area (Å²) in [6.45, 7) is 3.77. The van der Waals surface area contributed by atoms with Crippen LogP contribution in [0.1, 0.15) is 25.3 Å². The van der Waals surface area contributed by atoms with Crippen LogP contribution in [-0.4, -0.2) is 31.5 Å². The van der Waals surface area contributed by atoms with Crippen molar-refractivity contribution < 1.29 is 18.7 Å². The first-order valence-corrected chi connectivity index (χ1v) is 6.86. The Hall–Kier alpha value is -1.46. The molecule has 0 aromatic heterocycles. The van der Waals surface area contributed by atoms with Crippen LogP contribution in [0.3, 0.4) is 0 Å². The minimum Gasteiger partial charge on any atom is -0.356 e. The highest BCUT2D eigenvalue weighted by atomic mass is 19.1. The number of hydrogen-bond acceptors (Lipinski definition) is 3. The monoisotopic (exact) mass is 281 g/mol. The smallest absolute Gasteiger partial charge is 0.224 e. The molecule has 0 bridgehead atoms. The lowest BCUT2D eigenvalue weighted by molar-refractivity contribution is -0.257.